The van der Waals surface area contributed by atoms with Gasteiger partial charge in [0.1, 0.15) is 0 Å². The molecule has 7 heteroatoms. The number of carbonyl (C=O) groups excluding carboxylic acids is 2. The lowest BCUT2D eigenvalue weighted by molar-refractivity contribution is 0.0996. The number of aryl methyl sites for hydroxylation is 1. The Morgan fingerprint density at radius 1 is 1.03 bits per heavy atom. The molecule has 0 saturated heterocycles. The number of thiophene rings is 1. The van der Waals surface area contributed by atoms with E-state index in [1.165, 1.54) is 23.6 Å². The van der Waals surface area contributed by atoms with Crippen LogP contribution in [0.3, 0.4) is 0 Å². The number of hydrogen-bond acceptors (Lipinski definition) is 5. The number of rotatable bonds is 5. The molecule has 2 aromatic heterocycles. The van der Waals surface area contributed by atoms with Crippen LogP contribution in [0.15, 0.2) is 66.2 Å². The summed E-state index contributed by atoms with van der Waals surface area (Å²) in [5.74, 6) is -0.465. The minimum absolute atomic E-state index is 0.214. The lowest BCUT2D eigenvalue weighted by atomic mass is 10.1. The molecule has 4 N–H and O–H groups in total. The second kappa shape index (κ2) is 7.73. The molecule has 144 valence electrons. The van der Waals surface area contributed by atoms with E-state index in [0.29, 0.717) is 17.1 Å². The van der Waals surface area contributed by atoms with Gasteiger partial charge in [0.2, 0.25) is 5.91 Å². The van der Waals surface area contributed by atoms with Gasteiger partial charge < -0.3 is 16.4 Å². The van der Waals surface area contributed by atoms with Gasteiger partial charge in [0.25, 0.3) is 5.91 Å². The van der Waals surface area contributed by atoms with Gasteiger partial charge in [-0.15, -0.1) is 11.3 Å². The van der Waals surface area contributed by atoms with Gasteiger partial charge in [0.15, 0.2) is 5.82 Å². The smallest absolute Gasteiger partial charge is 0.257 e. The van der Waals surface area contributed by atoms with Gasteiger partial charge in [0, 0.05) is 27.4 Å². The van der Waals surface area contributed by atoms with Gasteiger partial charge in [-0.25, -0.2) is 4.98 Å². The molecule has 0 radical (unpaired) electrons. The van der Waals surface area contributed by atoms with Crippen LogP contribution < -0.4 is 16.4 Å². The molecule has 6 nitrogen and oxygen atoms in total. The minimum atomic E-state index is -0.614. The van der Waals surface area contributed by atoms with E-state index in [9.17, 15) is 9.59 Å². The Kier molecular flexibility index (Phi) is 4.97. The van der Waals surface area contributed by atoms with E-state index in [-0.39, 0.29) is 11.5 Å². The van der Waals surface area contributed by atoms with Crippen molar-refractivity contribution in [2.45, 2.75) is 6.92 Å². The van der Waals surface area contributed by atoms with Crippen molar-refractivity contribution in [3.63, 3.8) is 0 Å². The van der Waals surface area contributed by atoms with Crippen molar-refractivity contribution in [2.75, 3.05) is 10.6 Å². The highest BCUT2D eigenvalue weighted by Crippen LogP contribution is 2.29. The summed E-state index contributed by atoms with van der Waals surface area (Å²) in [4.78, 5) is 28.9. The highest BCUT2D eigenvalue weighted by molar-refractivity contribution is 7.17. The summed E-state index contributed by atoms with van der Waals surface area (Å²) >= 11 is 1.50. The van der Waals surface area contributed by atoms with Crippen molar-refractivity contribution in [1.82, 2.24) is 4.98 Å². The van der Waals surface area contributed by atoms with Crippen LogP contribution in [-0.2, 0) is 0 Å². The molecule has 4 aromatic rings. The summed E-state index contributed by atoms with van der Waals surface area (Å²) in [6.45, 7) is 1.97. The number of benzene rings is 2. The van der Waals surface area contributed by atoms with Crippen LogP contribution in [0.2, 0.25) is 0 Å². The number of primary amides is 1. The molecule has 0 atom stereocenters. The fourth-order valence-electron chi connectivity index (χ4n) is 2.98. The number of carbonyl (C=O) groups is 2. The molecule has 2 amide bonds. The normalized spacial score (nSPS) is 10.7. The summed E-state index contributed by atoms with van der Waals surface area (Å²) in [6.07, 6.45) is 1.39. The Morgan fingerprint density at radius 2 is 1.79 bits per heavy atom. The molecule has 0 saturated carbocycles. The van der Waals surface area contributed by atoms with E-state index in [1.807, 2.05) is 60.8 Å². The fraction of sp³-hybridized carbons (Fsp3) is 0.0455. The predicted octanol–water partition coefficient (Wildman–Crippen LogP) is 4.70. The van der Waals surface area contributed by atoms with E-state index >= 15 is 0 Å². The Bertz CT molecular complexity index is 1230. The summed E-state index contributed by atoms with van der Waals surface area (Å²) < 4.78 is 1.03. The van der Waals surface area contributed by atoms with Crippen LogP contribution in [0.5, 0.6) is 0 Å². The van der Waals surface area contributed by atoms with Crippen molar-refractivity contribution in [2.24, 2.45) is 5.73 Å². The highest BCUT2D eigenvalue weighted by atomic mass is 32.1. The van der Waals surface area contributed by atoms with Crippen molar-refractivity contribution in [3.8, 4) is 0 Å². The van der Waals surface area contributed by atoms with Crippen LogP contribution in [0.25, 0.3) is 10.1 Å². The average Bonchev–Trinajstić information content (AvgIpc) is 3.15. The van der Waals surface area contributed by atoms with E-state index in [2.05, 4.69) is 15.6 Å². The summed E-state index contributed by atoms with van der Waals surface area (Å²) in [5, 5.41) is 8.79. The van der Waals surface area contributed by atoms with E-state index < -0.39 is 5.91 Å². The van der Waals surface area contributed by atoms with Crippen molar-refractivity contribution in [3.05, 3.63) is 82.9 Å². The molecule has 0 fully saturated rings. The van der Waals surface area contributed by atoms with E-state index in [0.717, 1.165) is 21.3 Å². The maximum absolute atomic E-state index is 13.0. The third-order valence-electron chi connectivity index (χ3n) is 4.54. The van der Waals surface area contributed by atoms with Gasteiger partial charge in [-0.2, -0.15) is 0 Å². The van der Waals surface area contributed by atoms with Gasteiger partial charge in [0.05, 0.1) is 16.8 Å². The molecule has 2 aromatic carbocycles. The third-order valence-corrected chi connectivity index (χ3v) is 5.51. The Morgan fingerprint density at radius 3 is 2.59 bits per heavy atom. The first-order valence-corrected chi connectivity index (χ1v) is 9.81. The van der Waals surface area contributed by atoms with Crippen LogP contribution in [-0.4, -0.2) is 16.8 Å². The second-order valence-electron chi connectivity index (χ2n) is 6.52. The lowest BCUT2D eigenvalue weighted by Crippen LogP contribution is -2.16. The number of nitrogens with two attached hydrogens (primary N) is 1. The quantitative estimate of drug-likeness (QED) is 0.451. The molecule has 0 unspecified atom stereocenters. The maximum atomic E-state index is 13.0. The summed E-state index contributed by atoms with van der Waals surface area (Å²) in [5.41, 5.74) is 8.43. The molecule has 29 heavy (non-hydrogen) atoms. The number of fused-ring (bicyclic) bond motifs is 1. The number of hydrogen-bond donors (Lipinski definition) is 3. The number of aromatic nitrogens is 1. The van der Waals surface area contributed by atoms with Crippen molar-refractivity contribution >= 4 is 50.4 Å². The van der Waals surface area contributed by atoms with E-state index in [4.69, 9.17) is 5.73 Å². The fourth-order valence-corrected chi connectivity index (χ4v) is 3.92. The van der Waals surface area contributed by atoms with Gasteiger partial charge >= 0.3 is 0 Å². The lowest BCUT2D eigenvalue weighted by Gasteiger charge is -2.14. The largest absolute Gasteiger partial charge is 0.366 e. The molecule has 0 aliphatic carbocycles. The molecule has 4 rings (SSSR count). The zero-order valence-electron chi connectivity index (χ0n) is 15.6. The third kappa shape index (κ3) is 3.81. The number of pyridine rings is 1. The SMILES string of the molecule is Cc1ccccc1Nc1ncc(C(N)=O)cc1NC(=O)c1csc2ccccc12. The molecular weight excluding hydrogens is 384 g/mol. The van der Waals surface area contributed by atoms with Crippen molar-refractivity contribution in [1.29, 1.82) is 0 Å². The Balaban J connectivity index is 1.71. The number of anilines is 3. The van der Waals surface area contributed by atoms with Gasteiger partial charge in [-0.1, -0.05) is 36.4 Å². The molecule has 0 spiro atoms. The number of para-hydroxylation sites is 1. The Hall–Kier alpha value is -3.71. The van der Waals surface area contributed by atoms with Gasteiger partial charge in [-0.3, -0.25) is 9.59 Å². The predicted molar refractivity (Wildman–Crippen MR) is 117 cm³/mol. The van der Waals surface area contributed by atoms with Crippen LogP contribution in [0.1, 0.15) is 26.3 Å². The summed E-state index contributed by atoms with van der Waals surface area (Å²) in [7, 11) is 0. The monoisotopic (exact) mass is 402 g/mol. The van der Waals surface area contributed by atoms with E-state index in [1.54, 1.807) is 0 Å². The molecule has 0 bridgehead atoms. The zero-order chi connectivity index (χ0) is 20.4. The van der Waals surface area contributed by atoms with Crippen LogP contribution in [0.4, 0.5) is 17.2 Å². The summed E-state index contributed by atoms with van der Waals surface area (Å²) in [6, 6.07) is 17.0. The zero-order valence-corrected chi connectivity index (χ0v) is 16.4. The second-order valence-corrected chi connectivity index (χ2v) is 7.44. The molecule has 0 aliphatic heterocycles. The Labute approximate surface area is 171 Å². The highest BCUT2D eigenvalue weighted by Gasteiger charge is 2.16. The van der Waals surface area contributed by atoms with Gasteiger partial charge in [-0.05, 0) is 30.7 Å². The van der Waals surface area contributed by atoms with Crippen molar-refractivity contribution < 1.29 is 9.59 Å². The average molecular weight is 402 g/mol. The number of amides is 2. The number of nitrogens with zero attached hydrogens (tertiary/aromatic N) is 1. The number of nitrogens with one attached hydrogen (secondary N) is 2. The van der Waals surface area contributed by atoms with Crippen LogP contribution in [0, 0.1) is 6.92 Å². The van der Waals surface area contributed by atoms with Crippen LogP contribution >= 0.6 is 11.3 Å². The first-order valence-electron chi connectivity index (χ1n) is 8.93. The molecular formula is C22H18N4O2S. The maximum Gasteiger partial charge on any atom is 0.257 e. The molecule has 2 heterocycles. The topological polar surface area (TPSA) is 97.1 Å². The standard InChI is InChI=1S/C22H18N4O2S/c1-13-6-2-4-8-17(13)25-21-18(10-14(11-24-21)20(23)27)26-22(28)16-12-29-19-9-5-3-7-15(16)19/h2-12H,1H3,(H2,23,27)(H,24,25)(H,26,28). The first-order chi connectivity index (χ1) is 14.0. The first kappa shape index (κ1) is 18.6. The molecule has 0 aliphatic rings. The minimum Gasteiger partial charge on any atom is -0.366 e.